The Labute approximate surface area is 288 Å². The smallest absolute Gasteiger partial charge is 0.264 e. The summed E-state index contributed by atoms with van der Waals surface area (Å²) in [5.74, 6) is -0.893. The van der Waals surface area contributed by atoms with Gasteiger partial charge in [0.25, 0.3) is 10.0 Å². The first-order valence-corrected chi connectivity index (χ1v) is 17.5. The monoisotopic (exact) mass is 689 g/mol. The van der Waals surface area contributed by atoms with E-state index in [2.05, 4.69) is 5.32 Å². The molecule has 0 unspecified atom stereocenters. The number of ether oxygens (including phenoxy) is 2. The molecule has 0 heterocycles. The van der Waals surface area contributed by atoms with Crippen molar-refractivity contribution in [3.05, 3.63) is 119 Å². The first-order chi connectivity index (χ1) is 23.4. The Kier molecular flexibility index (Phi) is 12.4. The van der Waals surface area contributed by atoms with Crippen LogP contribution in [-0.4, -0.2) is 58.0 Å². The molecule has 0 aromatic heterocycles. The van der Waals surface area contributed by atoms with Crippen LogP contribution in [0, 0.1) is 19.7 Å². The van der Waals surface area contributed by atoms with Crippen LogP contribution in [0.15, 0.2) is 95.9 Å². The number of anilines is 1. The molecule has 0 aliphatic heterocycles. The first kappa shape index (κ1) is 36.9. The number of carbonyl (C=O) groups excluding carboxylic acids is 2. The molecule has 0 aliphatic carbocycles. The predicted octanol–water partition coefficient (Wildman–Crippen LogP) is 6.21. The minimum atomic E-state index is -4.38. The summed E-state index contributed by atoms with van der Waals surface area (Å²) in [6.07, 6.45) is 0.835. The van der Waals surface area contributed by atoms with Crippen LogP contribution in [0.5, 0.6) is 11.5 Å². The van der Waals surface area contributed by atoms with E-state index >= 15 is 0 Å². The van der Waals surface area contributed by atoms with Crippen molar-refractivity contribution < 1.29 is 31.9 Å². The molecule has 0 saturated heterocycles. The maximum Gasteiger partial charge on any atom is 0.264 e. The van der Waals surface area contributed by atoms with Crippen LogP contribution in [-0.2, 0) is 32.6 Å². The lowest BCUT2D eigenvalue weighted by atomic mass is 10.0. The average Bonchev–Trinajstić information content (AvgIpc) is 3.08. The molecule has 49 heavy (non-hydrogen) atoms. The number of hydrogen-bond donors (Lipinski definition) is 1. The van der Waals surface area contributed by atoms with Gasteiger partial charge in [-0.3, -0.25) is 13.9 Å². The van der Waals surface area contributed by atoms with Gasteiger partial charge in [0.15, 0.2) is 11.5 Å². The highest BCUT2D eigenvalue weighted by Gasteiger charge is 2.35. The topological polar surface area (TPSA) is 105 Å². The quantitative estimate of drug-likeness (QED) is 0.159. The molecule has 4 aromatic rings. The summed E-state index contributed by atoms with van der Waals surface area (Å²) in [6.45, 7) is 6.82. The summed E-state index contributed by atoms with van der Waals surface area (Å²) < 4.78 is 54.7. The zero-order valence-corrected chi connectivity index (χ0v) is 29.6. The van der Waals surface area contributed by atoms with Crippen molar-refractivity contribution in [3.63, 3.8) is 0 Å². The second-order valence-corrected chi connectivity index (χ2v) is 13.9. The van der Waals surface area contributed by atoms with Crippen LogP contribution in [0.4, 0.5) is 10.1 Å². The number of aryl methyl sites for hydroxylation is 2. The third-order valence-corrected chi connectivity index (χ3v) is 10.0. The minimum Gasteiger partial charge on any atom is -0.493 e. The van der Waals surface area contributed by atoms with E-state index in [0.29, 0.717) is 17.7 Å². The van der Waals surface area contributed by atoms with E-state index in [1.807, 2.05) is 64.1 Å². The maximum atomic E-state index is 14.7. The van der Waals surface area contributed by atoms with E-state index in [-0.39, 0.29) is 41.2 Å². The van der Waals surface area contributed by atoms with Crippen LogP contribution in [0.3, 0.4) is 0 Å². The zero-order chi connectivity index (χ0) is 35.7. The summed E-state index contributed by atoms with van der Waals surface area (Å²) in [5.41, 5.74) is 3.27. The summed E-state index contributed by atoms with van der Waals surface area (Å²) in [7, 11) is -1.52. The number of amides is 2. The number of rotatable bonds is 15. The molecule has 0 aliphatic rings. The number of carbonyl (C=O) groups is 2. The van der Waals surface area contributed by atoms with Gasteiger partial charge in [0.05, 0.1) is 24.8 Å². The first-order valence-electron chi connectivity index (χ1n) is 16.1. The van der Waals surface area contributed by atoms with Crippen molar-refractivity contribution in [1.29, 1.82) is 0 Å². The van der Waals surface area contributed by atoms with Gasteiger partial charge in [-0.15, -0.1) is 0 Å². The Morgan fingerprint density at radius 1 is 0.837 bits per heavy atom. The fraction of sp³-hybridized carbons (Fsp3) is 0.316. The van der Waals surface area contributed by atoms with Crippen molar-refractivity contribution in [2.45, 2.75) is 64.1 Å². The number of methoxy groups -OCH3 is 2. The molecule has 0 saturated carbocycles. The van der Waals surface area contributed by atoms with Gasteiger partial charge in [-0.1, -0.05) is 55.5 Å². The molecule has 0 bridgehead atoms. The molecule has 4 rings (SSSR count). The van der Waals surface area contributed by atoms with Gasteiger partial charge in [-0.25, -0.2) is 12.8 Å². The van der Waals surface area contributed by atoms with E-state index in [4.69, 9.17) is 9.47 Å². The largest absolute Gasteiger partial charge is 0.493 e. The molecule has 0 fully saturated rings. The van der Waals surface area contributed by atoms with E-state index < -0.39 is 34.3 Å². The van der Waals surface area contributed by atoms with Crippen LogP contribution < -0.4 is 19.1 Å². The zero-order valence-electron chi connectivity index (χ0n) is 28.8. The van der Waals surface area contributed by atoms with Crippen molar-refractivity contribution in [2.75, 3.05) is 25.1 Å². The second kappa shape index (κ2) is 16.5. The van der Waals surface area contributed by atoms with E-state index in [1.54, 1.807) is 24.3 Å². The summed E-state index contributed by atoms with van der Waals surface area (Å²) >= 11 is 0. The van der Waals surface area contributed by atoms with Crippen molar-refractivity contribution >= 4 is 27.5 Å². The lowest BCUT2D eigenvalue weighted by Gasteiger charge is -2.34. The molecule has 2 atom stereocenters. The average molecular weight is 690 g/mol. The Balaban J connectivity index is 1.85. The van der Waals surface area contributed by atoms with Crippen LogP contribution in [0.25, 0.3) is 0 Å². The SMILES string of the molecule is CC[C@@H](C)NC(=O)[C@H](Cc1ccccc1)N(Cc1ccc(F)cc1)C(=O)CN(c1cc(C)cc(C)c1)S(=O)(=O)c1ccc(OC)c(OC)c1. The number of halogens is 1. The van der Waals surface area contributed by atoms with Crippen LogP contribution in [0.1, 0.15) is 42.5 Å². The molecule has 0 spiro atoms. The van der Waals surface area contributed by atoms with E-state index in [1.165, 1.54) is 49.5 Å². The molecule has 9 nitrogen and oxygen atoms in total. The standard InChI is InChI=1S/C38H44FN3O6S/c1-7-28(4)40-38(44)34(22-29-11-9-8-10-12-29)41(24-30-13-15-31(39)16-14-30)37(43)25-42(32-20-26(2)19-27(3)21-32)49(45,46)33-17-18-35(47-5)36(23-33)48-6/h8-21,23,28,34H,7,22,24-25H2,1-6H3,(H,40,44)/t28-,34+/m1/s1. The number of nitrogens with one attached hydrogen (secondary N) is 1. The second-order valence-electron chi connectivity index (χ2n) is 12.0. The summed E-state index contributed by atoms with van der Waals surface area (Å²) in [4.78, 5) is 29.9. The highest BCUT2D eigenvalue weighted by molar-refractivity contribution is 7.92. The number of benzene rings is 4. The molecule has 1 N–H and O–H groups in total. The fourth-order valence-corrected chi connectivity index (χ4v) is 6.92. The summed E-state index contributed by atoms with van der Waals surface area (Å²) in [5, 5.41) is 3.01. The van der Waals surface area contributed by atoms with Crippen LogP contribution >= 0.6 is 0 Å². The Hall–Kier alpha value is -4.90. The third-order valence-electron chi connectivity index (χ3n) is 8.25. The lowest BCUT2D eigenvalue weighted by Crippen LogP contribution is -2.54. The minimum absolute atomic E-state index is 0.0678. The van der Waals surface area contributed by atoms with Crippen molar-refractivity contribution in [3.8, 4) is 11.5 Å². The third kappa shape index (κ3) is 9.38. The Morgan fingerprint density at radius 3 is 2.06 bits per heavy atom. The molecule has 260 valence electrons. The number of hydrogen-bond acceptors (Lipinski definition) is 6. The Bertz CT molecular complexity index is 1830. The molecular formula is C38H44FN3O6S. The summed E-state index contributed by atoms with van der Waals surface area (Å²) in [6, 6.07) is 23.3. The fourth-order valence-electron chi connectivity index (χ4n) is 5.51. The highest BCUT2D eigenvalue weighted by atomic mass is 32.2. The molecule has 11 heteroatoms. The van der Waals surface area contributed by atoms with Gasteiger partial charge in [-0.05, 0) is 85.8 Å². The van der Waals surface area contributed by atoms with Gasteiger partial charge in [0, 0.05) is 25.1 Å². The maximum absolute atomic E-state index is 14.7. The van der Waals surface area contributed by atoms with Crippen molar-refractivity contribution in [1.82, 2.24) is 10.2 Å². The molecule has 0 radical (unpaired) electrons. The van der Waals surface area contributed by atoms with E-state index in [0.717, 1.165) is 21.0 Å². The van der Waals surface area contributed by atoms with Gasteiger partial charge in [-0.2, -0.15) is 0 Å². The molecule has 4 aromatic carbocycles. The molecule has 2 amide bonds. The number of sulfonamides is 1. The predicted molar refractivity (Wildman–Crippen MR) is 189 cm³/mol. The number of nitrogens with zero attached hydrogens (tertiary/aromatic N) is 2. The van der Waals surface area contributed by atoms with Gasteiger partial charge in [0.1, 0.15) is 18.4 Å². The highest BCUT2D eigenvalue weighted by Crippen LogP contribution is 2.33. The molecular weight excluding hydrogens is 645 g/mol. The lowest BCUT2D eigenvalue weighted by molar-refractivity contribution is -0.140. The van der Waals surface area contributed by atoms with Crippen molar-refractivity contribution in [2.24, 2.45) is 0 Å². The van der Waals surface area contributed by atoms with Crippen LogP contribution in [0.2, 0.25) is 0 Å². The van der Waals surface area contributed by atoms with Gasteiger partial charge >= 0.3 is 0 Å². The van der Waals surface area contributed by atoms with E-state index in [9.17, 15) is 22.4 Å². The normalized spacial score (nSPS) is 12.5. The van der Waals surface area contributed by atoms with Gasteiger partial charge < -0.3 is 19.7 Å². The Morgan fingerprint density at radius 2 is 1.47 bits per heavy atom. The van der Waals surface area contributed by atoms with Gasteiger partial charge in [0.2, 0.25) is 11.8 Å².